The van der Waals surface area contributed by atoms with Crippen LogP contribution in [0.15, 0.2) is 52.1 Å². The number of hydrogen-bond acceptors (Lipinski definition) is 5. The molecule has 3 aromatic rings. The Morgan fingerprint density at radius 1 is 1.33 bits per heavy atom. The molecular formula is C19H18N4O4. The Hall–Kier alpha value is -3.42. The number of benzene rings is 1. The first-order chi connectivity index (χ1) is 13.0. The lowest BCUT2D eigenvalue weighted by Gasteiger charge is -2.15. The van der Waals surface area contributed by atoms with E-state index in [1.54, 1.807) is 48.5 Å². The molecule has 8 heteroatoms. The summed E-state index contributed by atoms with van der Waals surface area (Å²) in [6.45, 7) is 0.690. The topological polar surface area (TPSA) is 97.4 Å². The van der Waals surface area contributed by atoms with E-state index in [9.17, 15) is 14.4 Å². The van der Waals surface area contributed by atoms with Crippen molar-refractivity contribution in [3.8, 4) is 0 Å². The van der Waals surface area contributed by atoms with E-state index in [1.165, 1.54) is 10.9 Å². The molecule has 27 heavy (non-hydrogen) atoms. The van der Waals surface area contributed by atoms with Gasteiger partial charge in [0.05, 0.1) is 36.0 Å². The molecule has 2 aromatic heterocycles. The van der Waals surface area contributed by atoms with Crippen molar-refractivity contribution in [2.45, 2.75) is 13.0 Å². The molecule has 0 saturated carbocycles. The largest absolute Gasteiger partial charge is 0.467 e. The van der Waals surface area contributed by atoms with Crippen molar-refractivity contribution in [2.75, 3.05) is 11.9 Å². The summed E-state index contributed by atoms with van der Waals surface area (Å²) in [5.74, 6) is -0.0873. The van der Waals surface area contributed by atoms with Gasteiger partial charge in [0.1, 0.15) is 5.76 Å². The summed E-state index contributed by atoms with van der Waals surface area (Å²) in [6.07, 6.45) is 3.17. The second-order valence-electron chi connectivity index (χ2n) is 6.64. The molecule has 1 aliphatic heterocycles. The monoisotopic (exact) mass is 366 g/mol. The third-order valence-corrected chi connectivity index (χ3v) is 4.70. The normalized spacial score (nSPS) is 16.9. The van der Waals surface area contributed by atoms with Gasteiger partial charge in [0, 0.05) is 25.7 Å². The minimum absolute atomic E-state index is 0.0804. The van der Waals surface area contributed by atoms with Gasteiger partial charge in [0.15, 0.2) is 0 Å². The molecular weight excluding hydrogens is 348 g/mol. The van der Waals surface area contributed by atoms with Crippen LogP contribution in [-0.2, 0) is 23.2 Å². The highest BCUT2D eigenvalue weighted by atomic mass is 16.3. The molecule has 1 fully saturated rings. The number of furan rings is 1. The Labute approximate surface area is 154 Å². The predicted octanol–water partition coefficient (Wildman–Crippen LogP) is 1.51. The molecule has 1 N–H and O–H groups in total. The maximum absolute atomic E-state index is 12.6. The zero-order chi connectivity index (χ0) is 19.0. The van der Waals surface area contributed by atoms with Crippen molar-refractivity contribution in [1.82, 2.24) is 14.5 Å². The molecule has 1 aliphatic rings. The van der Waals surface area contributed by atoms with Gasteiger partial charge in [0.2, 0.25) is 11.8 Å². The van der Waals surface area contributed by atoms with Crippen LogP contribution in [0.4, 0.5) is 5.69 Å². The van der Waals surface area contributed by atoms with Crippen LogP contribution in [0.5, 0.6) is 0 Å². The molecule has 1 aromatic carbocycles. The van der Waals surface area contributed by atoms with E-state index in [-0.39, 0.29) is 23.8 Å². The third-order valence-electron chi connectivity index (χ3n) is 4.70. The van der Waals surface area contributed by atoms with Gasteiger partial charge in [0.25, 0.3) is 5.56 Å². The molecule has 4 rings (SSSR count). The first-order valence-electron chi connectivity index (χ1n) is 8.57. The number of likely N-dealkylation sites (tertiary alicyclic amines) is 1. The molecule has 1 atom stereocenters. The number of fused-ring (bicyclic) bond motifs is 1. The van der Waals surface area contributed by atoms with Gasteiger partial charge in [-0.3, -0.25) is 14.4 Å². The van der Waals surface area contributed by atoms with Crippen molar-refractivity contribution in [3.05, 3.63) is 59.0 Å². The number of aromatic nitrogens is 2. The Morgan fingerprint density at radius 2 is 2.19 bits per heavy atom. The van der Waals surface area contributed by atoms with Gasteiger partial charge in [-0.25, -0.2) is 4.98 Å². The summed E-state index contributed by atoms with van der Waals surface area (Å²) < 4.78 is 6.65. The van der Waals surface area contributed by atoms with E-state index in [1.807, 2.05) is 0 Å². The third kappa shape index (κ3) is 3.33. The smallest absolute Gasteiger partial charge is 0.260 e. The number of anilines is 1. The second-order valence-corrected chi connectivity index (χ2v) is 6.64. The summed E-state index contributed by atoms with van der Waals surface area (Å²) in [4.78, 5) is 42.8. The number of nitrogens with one attached hydrogen (secondary N) is 1. The molecule has 138 valence electrons. The minimum atomic E-state index is -0.445. The van der Waals surface area contributed by atoms with Crippen molar-refractivity contribution >= 4 is 28.4 Å². The van der Waals surface area contributed by atoms with Crippen LogP contribution >= 0.6 is 0 Å². The maximum atomic E-state index is 12.6. The lowest BCUT2D eigenvalue weighted by molar-refractivity contribution is -0.128. The number of amides is 2. The van der Waals surface area contributed by atoms with Crippen LogP contribution in [0.2, 0.25) is 0 Å². The lowest BCUT2D eigenvalue weighted by atomic mass is 10.1. The van der Waals surface area contributed by atoms with Crippen molar-refractivity contribution < 1.29 is 14.0 Å². The summed E-state index contributed by atoms with van der Waals surface area (Å²) in [6, 6.07) is 8.56. The van der Waals surface area contributed by atoms with Crippen molar-refractivity contribution in [1.29, 1.82) is 0 Å². The van der Waals surface area contributed by atoms with E-state index in [4.69, 9.17) is 4.42 Å². The van der Waals surface area contributed by atoms with Gasteiger partial charge in [-0.05, 0) is 30.3 Å². The Bertz CT molecular complexity index is 1070. The first kappa shape index (κ1) is 17.0. The van der Waals surface area contributed by atoms with E-state index >= 15 is 0 Å². The average Bonchev–Trinajstić information content (AvgIpc) is 3.29. The number of nitrogens with zero attached hydrogens (tertiary/aromatic N) is 3. The SMILES string of the molecule is Cn1cnc2ccc(NC(=O)[C@H]3CC(=O)N(Cc4ccco4)C3)cc2c1=O. The number of aryl methyl sites for hydroxylation is 1. The van der Waals surface area contributed by atoms with Gasteiger partial charge in [-0.1, -0.05) is 0 Å². The number of rotatable bonds is 4. The molecule has 0 unspecified atom stereocenters. The fraction of sp³-hybridized carbons (Fsp3) is 0.263. The molecule has 0 bridgehead atoms. The highest BCUT2D eigenvalue weighted by Gasteiger charge is 2.34. The van der Waals surface area contributed by atoms with E-state index in [2.05, 4.69) is 10.3 Å². The van der Waals surface area contributed by atoms with E-state index in [0.717, 1.165) is 0 Å². The molecule has 3 heterocycles. The molecule has 8 nitrogen and oxygen atoms in total. The van der Waals surface area contributed by atoms with Crippen LogP contribution in [0.3, 0.4) is 0 Å². The van der Waals surface area contributed by atoms with Gasteiger partial charge in [-0.2, -0.15) is 0 Å². The van der Waals surface area contributed by atoms with Crippen LogP contribution in [0, 0.1) is 5.92 Å². The van der Waals surface area contributed by atoms with Crippen LogP contribution in [0.1, 0.15) is 12.2 Å². The summed E-state index contributed by atoms with van der Waals surface area (Å²) in [5, 5.41) is 3.24. The zero-order valence-electron chi connectivity index (χ0n) is 14.7. The Kier molecular flexibility index (Phi) is 4.23. The predicted molar refractivity (Wildman–Crippen MR) is 97.8 cm³/mol. The summed E-state index contributed by atoms with van der Waals surface area (Å²) in [5.41, 5.74) is 0.892. The number of carbonyl (C=O) groups excluding carboxylic acids is 2. The van der Waals surface area contributed by atoms with Crippen molar-refractivity contribution in [3.63, 3.8) is 0 Å². The quantitative estimate of drug-likeness (QED) is 0.755. The molecule has 0 spiro atoms. The first-order valence-corrected chi connectivity index (χ1v) is 8.57. The highest BCUT2D eigenvalue weighted by molar-refractivity contribution is 5.98. The van der Waals surface area contributed by atoms with Gasteiger partial charge >= 0.3 is 0 Å². The minimum Gasteiger partial charge on any atom is -0.467 e. The van der Waals surface area contributed by atoms with Crippen LogP contribution < -0.4 is 10.9 Å². The van der Waals surface area contributed by atoms with Gasteiger partial charge in [-0.15, -0.1) is 0 Å². The van der Waals surface area contributed by atoms with Crippen LogP contribution in [-0.4, -0.2) is 32.8 Å². The lowest BCUT2D eigenvalue weighted by Crippen LogP contribution is -2.28. The fourth-order valence-corrected chi connectivity index (χ4v) is 3.22. The molecule has 2 amide bonds. The molecule has 1 saturated heterocycles. The highest BCUT2D eigenvalue weighted by Crippen LogP contribution is 2.23. The summed E-state index contributed by atoms with van der Waals surface area (Å²) >= 11 is 0. The van der Waals surface area contributed by atoms with Gasteiger partial charge < -0.3 is 19.2 Å². The number of hydrogen-bond donors (Lipinski definition) is 1. The maximum Gasteiger partial charge on any atom is 0.260 e. The number of carbonyl (C=O) groups is 2. The Morgan fingerprint density at radius 3 is 2.96 bits per heavy atom. The molecule has 0 radical (unpaired) electrons. The molecule has 0 aliphatic carbocycles. The van der Waals surface area contributed by atoms with E-state index < -0.39 is 5.92 Å². The van der Waals surface area contributed by atoms with E-state index in [0.29, 0.717) is 35.4 Å². The second kappa shape index (κ2) is 6.71. The fourth-order valence-electron chi connectivity index (χ4n) is 3.22. The Balaban J connectivity index is 1.48. The van der Waals surface area contributed by atoms with Crippen LogP contribution in [0.25, 0.3) is 10.9 Å². The summed E-state index contributed by atoms with van der Waals surface area (Å²) in [7, 11) is 1.62. The average molecular weight is 366 g/mol. The standard InChI is InChI=1S/C19H18N4O4/c1-22-11-20-16-5-4-13(8-15(16)19(22)26)21-18(25)12-7-17(24)23(9-12)10-14-3-2-6-27-14/h2-6,8,11-12H,7,9-10H2,1H3,(H,21,25)/t12-/m0/s1. The zero-order valence-corrected chi connectivity index (χ0v) is 14.7. The van der Waals surface area contributed by atoms with Crippen molar-refractivity contribution in [2.24, 2.45) is 13.0 Å².